The number of piperidine rings is 1. The zero-order valence-corrected chi connectivity index (χ0v) is 27.3. The molecule has 3 aliphatic rings. The van der Waals surface area contributed by atoms with Crippen LogP contribution in [0.15, 0.2) is 65.2 Å². The SMILES string of the molecule is O=C([C@H]1CNCC[C@@H]1c1ccc(OCc2cc(-c3c(F)ccc(F)c3Cl)no2)cc1)N(Cc1cc(CNC2CC2)ccc1Cl)C1CC1. The molecular weight excluding hydrogens is 645 g/mol. The van der Waals surface area contributed by atoms with Gasteiger partial charge in [0.25, 0.3) is 0 Å². The van der Waals surface area contributed by atoms with Crippen LogP contribution in [-0.2, 0) is 24.5 Å². The molecule has 11 heteroatoms. The van der Waals surface area contributed by atoms with Gasteiger partial charge in [-0.05, 0) is 91.6 Å². The smallest absolute Gasteiger partial charge is 0.228 e. The van der Waals surface area contributed by atoms with E-state index in [1.165, 1.54) is 24.5 Å². The predicted molar refractivity (Wildman–Crippen MR) is 176 cm³/mol. The Morgan fingerprint density at radius 1 is 1.00 bits per heavy atom. The van der Waals surface area contributed by atoms with Crippen LogP contribution in [0.1, 0.15) is 60.5 Å². The predicted octanol–water partition coefficient (Wildman–Crippen LogP) is 7.64. The maximum atomic E-state index is 14.3. The highest BCUT2D eigenvalue weighted by Crippen LogP contribution is 2.38. The van der Waals surface area contributed by atoms with Crippen molar-refractivity contribution in [2.24, 2.45) is 5.92 Å². The van der Waals surface area contributed by atoms with Crippen LogP contribution in [-0.4, -0.2) is 41.1 Å². The van der Waals surface area contributed by atoms with Gasteiger partial charge in [0.05, 0.1) is 16.5 Å². The fourth-order valence-electron chi connectivity index (χ4n) is 6.32. The van der Waals surface area contributed by atoms with Crippen molar-refractivity contribution in [3.05, 3.63) is 105 Å². The first-order chi connectivity index (χ1) is 22.8. The van der Waals surface area contributed by atoms with Crippen molar-refractivity contribution in [2.75, 3.05) is 13.1 Å². The van der Waals surface area contributed by atoms with Crippen LogP contribution in [0.4, 0.5) is 8.78 Å². The Bertz CT molecular complexity index is 1740. The summed E-state index contributed by atoms with van der Waals surface area (Å²) in [7, 11) is 0. The normalized spacial score (nSPS) is 19.5. The van der Waals surface area contributed by atoms with Gasteiger partial charge in [-0.25, -0.2) is 8.78 Å². The number of ether oxygens (including phenoxy) is 1. The number of carbonyl (C=O) groups is 1. The van der Waals surface area contributed by atoms with Crippen molar-refractivity contribution in [1.29, 1.82) is 0 Å². The second kappa shape index (κ2) is 13.9. The van der Waals surface area contributed by atoms with Crippen LogP contribution in [0.25, 0.3) is 11.3 Å². The molecule has 2 saturated carbocycles. The Balaban J connectivity index is 1.01. The van der Waals surface area contributed by atoms with E-state index in [-0.39, 0.29) is 46.7 Å². The Morgan fingerprint density at radius 3 is 2.55 bits per heavy atom. The number of nitrogens with zero attached hydrogens (tertiary/aromatic N) is 2. The molecule has 2 atom stereocenters. The third-order valence-corrected chi connectivity index (χ3v) is 9.98. The number of rotatable bonds is 12. The molecule has 47 heavy (non-hydrogen) atoms. The number of amides is 1. The third-order valence-electron chi connectivity index (χ3n) is 9.24. The van der Waals surface area contributed by atoms with Crippen LogP contribution >= 0.6 is 23.2 Å². The van der Waals surface area contributed by atoms with Gasteiger partial charge in [0.15, 0.2) is 5.76 Å². The lowest BCUT2D eigenvalue weighted by atomic mass is 9.80. The molecule has 0 spiro atoms. The first kappa shape index (κ1) is 32.1. The molecule has 0 bridgehead atoms. The van der Waals surface area contributed by atoms with E-state index in [9.17, 15) is 13.6 Å². The number of nitrogens with one attached hydrogen (secondary N) is 2. The van der Waals surface area contributed by atoms with E-state index in [0.29, 0.717) is 35.7 Å². The quantitative estimate of drug-likeness (QED) is 0.150. The molecule has 2 aliphatic carbocycles. The molecule has 3 aromatic carbocycles. The summed E-state index contributed by atoms with van der Waals surface area (Å²) in [6.07, 6.45) is 5.34. The number of benzene rings is 3. The van der Waals surface area contributed by atoms with Crippen molar-refractivity contribution < 1.29 is 22.8 Å². The number of hydrogen-bond donors (Lipinski definition) is 2. The van der Waals surface area contributed by atoms with Gasteiger partial charge in [0.1, 0.15) is 29.7 Å². The second-order valence-electron chi connectivity index (χ2n) is 12.7. The lowest BCUT2D eigenvalue weighted by Gasteiger charge is -2.36. The van der Waals surface area contributed by atoms with Crippen molar-refractivity contribution in [3.8, 4) is 17.0 Å². The molecular formula is C36H36Cl2F2N4O3. The van der Waals surface area contributed by atoms with E-state index >= 15 is 0 Å². The van der Waals surface area contributed by atoms with Crippen LogP contribution in [0.5, 0.6) is 5.75 Å². The monoisotopic (exact) mass is 680 g/mol. The summed E-state index contributed by atoms with van der Waals surface area (Å²) in [5.41, 5.74) is 3.19. The zero-order chi connectivity index (χ0) is 32.5. The summed E-state index contributed by atoms with van der Waals surface area (Å²) in [4.78, 5) is 16.3. The summed E-state index contributed by atoms with van der Waals surface area (Å²) in [5, 5.41) is 11.2. The molecule has 2 N–H and O–H groups in total. The van der Waals surface area contributed by atoms with Crippen molar-refractivity contribution in [1.82, 2.24) is 20.7 Å². The number of hydrogen-bond acceptors (Lipinski definition) is 6. The topological polar surface area (TPSA) is 79.6 Å². The molecule has 246 valence electrons. The average molecular weight is 682 g/mol. The van der Waals surface area contributed by atoms with E-state index in [1.807, 2.05) is 30.3 Å². The average Bonchev–Trinajstić information content (AvgIpc) is 4.03. The Morgan fingerprint density at radius 2 is 1.79 bits per heavy atom. The second-order valence-corrected chi connectivity index (χ2v) is 13.5. The lowest BCUT2D eigenvalue weighted by molar-refractivity contribution is -0.138. The van der Waals surface area contributed by atoms with Crippen molar-refractivity contribution in [3.63, 3.8) is 0 Å². The standard InChI is InChI=1S/C36H36Cl2F2N4O3/c37-30-10-1-21(17-42-24-4-5-24)15-23(30)19-44(25-6-7-25)36(45)29-18-41-14-13-28(29)22-2-8-26(9-3-22)46-20-27-16-33(43-47-27)34-31(39)11-12-32(40)35(34)38/h1-3,8-12,15-16,24-25,28-29,41-42H,4-7,13-14,17-20H2/t28-,29+/m1/s1. The van der Waals surface area contributed by atoms with Gasteiger partial charge < -0.3 is 24.8 Å². The van der Waals surface area contributed by atoms with Crippen LogP contribution in [0.2, 0.25) is 10.0 Å². The van der Waals surface area contributed by atoms with Gasteiger partial charge >= 0.3 is 0 Å². The highest BCUT2D eigenvalue weighted by atomic mass is 35.5. The van der Waals surface area contributed by atoms with E-state index in [4.69, 9.17) is 32.5 Å². The van der Waals surface area contributed by atoms with Gasteiger partial charge in [0, 0.05) is 42.8 Å². The third kappa shape index (κ3) is 7.49. The molecule has 1 aromatic heterocycles. The first-order valence-corrected chi connectivity index (χ1v) is 16.9. The van der Waals surface area contributed by atoms with E-state index in [2.05, 4.69) is 32.8 Å². The highest BCUT2D eigenvalue weighted by Gasteiger charge is 2.40. The highest BCUT2D eigenvalue weighted by molar-refractivity contribution is 6.33. The van der Waals surface area contributed by atoms with Crippen LogP contribution in [0.3, 0.4) is 0 Å². The number of carbonyl (C=O) groups excluding carboxylic acids is 1. The number of halogens is 4. The Hall–Kier alpha value is -3.50. The number of aromatic nitrogens is 1. The summed E-state index contributed by atoms with van der Waals surface area (Å²) in [6, 6.07) is 18.2. The molecule has 4 aromatic rings. The van der Waals surface area contributed by atoms with Gasteiger partial charge in [-0.2, -0.15) is 0 Å². The molecule has 2 heterocycles. The fraction of sp³-hybridized carbons (Fsp3) is 0.389. The van der Waals surface area contributed by atoms with Crippen LogP contribution < -0.4 is 15.4 Å². The summed E-state index contributed by atoms with van der Waals surface area (Å²) >= 11 is 12.6. The molecule has 1 amide bonds. The summed E-state index contributed by atoms with van der Waals surface area (Å²) in [5.74, 6) is -0.477. The van der Waals surface area contributed by atoms with Crippen molar-refractivity contribution in [2.45, 2.75) is 69.8 Å². The van der Waals surface area contributed by atoms with E-state index in [0.717, 1.165) is 55.6 Å². The van der Waals surface area contributed by atoms with E-state index in [1.54, 1.807) is 0 Å². The maximum Gasteiger partial charge on any atom is 0.228 e. The maximum absolute atomic E-state index is 14.3. The minimum Gasteiger partial charge on any atom is -0.486 e. The molecule has 1 saturated heterocycles. The van der Waals surface area contributed by atoms with Crippen molar-refractivity contribution >= 4 is 29.1 Å². The largest absolute Gasteiger partial charge is 0.486 e. The lowest BCUT2D eigenvalue weighted by Crippen LogP contribution is -2.47. The molecule has 0 unspecified atom stereocenters. The minimum absolute atomic E-state index is 0.0338. The fourth-order valence-corrected chi connectivity index (χ4v) is 6.75. The van der Waals surface area contributed by atoms with Crippen LogP contribution in [0, 0.1) is 17.6 Å². The van der Waals surface area contributed by atoms with Gasteiger partial charge in [-0.1, -0.05) is 52.6 Å². The Labute approximate surface area is 282 Å². The first-order valence-electron chi connectivity index (χ1n) is 16.2. The molecule has 1 aliphatic heterocycles. The summed E-state index contributed by atoms with van der Waals surface area (Å²) < 4.78 is 39.4. The molecule has 3 fully saturated rings. The van der Waals surface area contributed by atoms with Gasteiger partial charge in [-0.15, -0.1) is 0 Å². The molecule has 7 nitrogen and oxygen atoms in total. The molecule has 7 rings (SSSR count). The van der Waals surface area contributed by atoms with Gasteiger partial charge in [0.2, 0.25) is 5.91 Å². The Kier molecular flexibility index (Phi) is 9.50. The minimum atomic E-state index is -0.742. The molecule has 0 radical (unpaired) electrons. The van der Waals surface area contributed by atoms with E-state index < -0.39 is 11.6 Å². The zero-order valence-electron chi connectivity index (χ0n) is 25.8. The van der Waals surface area contributed by atoms with Gasteiger partial charge in [-0.3, -0.25) is 4.79 Å². The summed E-state index contributed by atoms with van der Waals surface area (Å²) in [6.45, 7) is 2.81.